The maximum Gasteiger partial charge on any atom is 0.105 e. The third-order valence-corrected chi connectivity index (χ3v) is 5.77. The molecular weight excluding hydrogens is 480 g/mol. The van der Waals surface area contributed by atoms with E-state index in [1.54, 1.807) is 0 Å². The van der Waals surface area contributed by atoms with Crippen LogP contribution in [0.3, 0.4) is 0 Å². The standard InChI is InChI=1S/C27H58N2O8/c1-6-24(18-31-15-9-13-29)37-26(20-32-16-17-35-23(3)10-8-12-28)21-33-19-25(34-7-2)22-36-27(4,5)11-14-30/h23-26,30H,6-22,28-29H2,1-5H3. The van der Waals surface area contributed by atoms with Gasteiger partial charge in [-0.05, 0) is 72.9 Å². The Kier molecular flexibility index (Phi) is 24.4. The minimum Gasteiger partial charge on any atom is -0.396 e. The minimum absolute atomic E-state index is 0.0622. The lowest BCUT2D eigenvalue weighted by molar-refractivity contribution is -0.136. The molecule has 0 spiro atoms. The van der Waals surface area contributed by atoms with E-state index in [4.69, 9.17) is 44.6 Å². The number of hydrogen-bond acceptors (Lipinski definition) is 10. The van der Waals surface area contributed by atoms with Crippen LogP contribution < -0.4 is 11.5 Å². The zero-order valence-corrected chi connectivity index (χ0v) is 24.3. The topological polar surface area (TPSA) is 137 Å². The summed E-state index contributed by atoms with van der Waals surface area (Å²) in [5.41, 5.74) is 10.7. The van der Waals surface area contributed by atoms with Crippen LogP contribution in [-0.4, -0.2) is 114 Å². The highest BCUT2D eigenvalue weighted by molar-refractivity contribution is 4.70. The van der Waals surface area contributed by atoms with Crippen molar-refractivity contribution >= 4 is 0 Å². The fourth-order valence-corrected chi connectivity index (χ4v) is 3.43. The van der Waals surface area contributed by atoms with E-state index in [1.165, 1.54) is 0 Å². The summed E-state index contributed by atoms with van der Waals surface area (Å²) in [5, 5.41) is 9.22. The Morgan fingerprint density at radius 2 is 1.41 bits per heavy atom. The van der Waals surface area contributed by atoms with E-state index in [0.717, 1.165) is 25.7 Å². The van der Waals surface area contributed by atoms with Crippen molar-refractivity contribution in [1.82, 2.24) is 0 Å². The van der Waals surface area contributed by atoms with E-state index in [1.807, 2.05) is 20.8 Å². The van der Waals surface area contributed by atoms with Gasteiger partial charge in [0, 0.05) is 19.8 Å². The molecule has 0 saturated carbocycles. The van der Waals surface area contributed by atoms with Crippen LogP contribution >= 0.6 is 0 Å². The molecule has 0 aliphatic heterocycles. The molecule has 4 unspecified atom stereocenters. The highest BCUT2D eigenvalue weighted by Gasteiger charge is 2.22. The molecule has 37 heavy (non-hydrogen) atoms. The summed E-state index contributed by atoms with van der Waals surface area (Å²) >= 11 is 0. The van der Waals surface area contributed by atoms with Crippen molar-refractivity contribution in [3.8, 4) is 0 Å². The summed E-state index contributed by atoms with van der Waals surface area (Å²) < 4.78 is 41.4. The Balaban J connectivity index is 4.72. The molecule has 0 amide bonds. The van der Waals surface area contributed by atoms with Gasteiger partial charge in [-0.15, -0.1) is 0 Å². The summed E-state index contributed by atoms with van der Waals surface area (Å²) in [4.78, 5) is 0. The van der Waals surface area contributed by atoms with Gasteiger partial charge in [0.15, 0.2) is 0 Å². The van der Waals surface area contributed by atoms with Crippen LogP contribution in [0.1, 0.15) is 66.7 Å². The van der Waals surface area contributed by atoms with Crippen LogP contribution in [0.25, 0.3) is 0 Å². The molecule has 4 atom stereocenters. The smallest absolute Gasteiger partial charge is 0.105 e. The molecule has 5 N–H and O–H groups in total. The molecule has 0 aromatic heterocycles. The third-order valence-electron chi connectivity index (χ3n) is 5.77. The largest absolute Gasteiger partial charge is 0.396 e. The van der Waals surface area contributed by atoms with Gasteiger partial charge in [-0.1, -0.05) is 6.92 Å². The molecule has 0 bridgehead atoms. The van der Waals surface area contributed by atoms with Crippen molar-refractivity contribution < 1.29 is 38.3 Å². The molecule has 0 aromatic carbocycles. The third kappa shape index (κ3) is 22.1. The second-order valence-corrected chi connectivity index (χ2v) is 9.85. The normalized spacial score (nSPS) is 15.6. The van der Waals surface area contributed by atoms with Crippen molar-refractivity contribution in [3.63, 3.8) is 0 Å². The molecule has 0 rings (SSSR count). The molecule has 10 nitrogen and oxygen atoms in total. The SMILES string of the molecule is CCOC(COCC(COCCOC(C)CCCN)OC(CC)COCCCN)COC(C)(C)CCO. The van der Waals surface area contributed by atoms with Gasteiger partial charge in [-0.3, -0.25) is 0 Å². The Morgan fingerprint density at radius 3 is 2.05 bits per heavy atom. The Morgan fingerprint density at radius 1 is 0.757 bits per heavy atom. The predicted molar refractivity (Wildman–Crippen MR) is 146 cm³/mol. The van der Waals surface area contributed by atoms with E-state index in [0.29, 0.717) is 79.0 Å². The lowest BCUT2D eigenvalue weighted by Crippen LogP contribution is -2.36. The first-order valence-corrected chi connectivity index (χ1v) is 14.1. The van der Waals surface area contributed by atoms with Gasteiger partial charge in [0.05, 0.1) is 64.1 Å². The van der Waals surface area contributed by atoms with Crippen LogP contribution in [-0.2, 0) is 33.2 Å². The average molecular weight is 539 g/mol. The number of rotatable bonds is 28. The van der Waals surface area contributed by atoms with Crippen molar-refractivity contribution in [2.75, 3.05) is 79.2 Å². The zero-order chi connectivity index (χ0) is 27.8. The summed E-state index contributed by atoms with van der Waals surface area (Å²) in [6.07, 6.45) is 3.73. The number of aliphatic hydroxyl groups excluding tert-OH is 1. The van der Waals surface area contributed by atoms with Gasteiger partial charge in [-0.2, -0.15) is 0 Å². The Labute approximate surface area is 225 Å². The fraction of sp³-hybridized carbons (Fsp3) is 1.00. The lowest BCUT2D eigenvalue weighted by Gasteiger charge is -2.28. The first-order valence-electron chi connectivity index (χ1n) is 14.1. The highest BCUT2D eigenvalue weighted by Crippen LogP contribution is 2.15. The van der Waals surface area contributed by atoms with Crippen molar-refractivity contribution in [1.29, 1.82) is 0 Å². The molecule has 0 radical (unpaired) electrons. The summed E-state index contributed by atoms with van der Waals surface area (Å²) in [6, 6.07) is 0. The fourth-order valence-electron chi connectivity index (χ4n) is 3.43. The molecule has 0 heterocycles. The van der Waals surface area contributed by atoms with Crippen molar-refractivity contribution in [2.45, 2.75) is 96.7 Å². The monoisotopic (exact) mass is 538 g/mol. The molecule has 0 aliphatic rings. The maximum atomic E-state index is 9.22. The molecule has 10 heteroatoms. The van der Waals surface area contributed by atoms with Crippen LogP contribution in [0, 0.1) is 0 Å². The number of ether oxygens (including phenoxy) is 7. The van der Waals surface area contributed by atoms with E-state index in [9.17, 15) is 5.11 Å². The number of aliphatic hydroxyl groups is 1. The van der Waals surface area contributed by atoms with Gasteiger partial charge >= 0.3 is 0 Å². The second-order valence-electron chi connectivity index (χ2n) is 9.85. The minimum atomic E-state index is -0.425. The van der Waals surface area contributed by atoms with E-state index in [2.05, 4.69) is 13.8 Å². The first-order chi connectivity index (χ1) is 17.8. The van der Waals surface area contributed by atoms with Gasteiger partial charge in [0.25, 0.3) is 0 Å². The Bertz CT molecular complexity index is 487. The van der Waals surface area contributed by atoms with Crippen molar-refractivity contribution in [2.24, 2.45) is 11.5 Å². The van der Waals surface area contributed by atoms with E-state index in [-0.39, 0.29) is 31.0 Å². The van der Waals surface area contributed by atoms with Gasteiger partial charge in [0.2, 0.25) is 0 Å². The molecule has 0 aliphatic carbocycles. The van der Waals surface area contributed by atoms with E-state index < -0.39 is 5.60 Å². The lowest BCUT2D eigenvalue weighted by atomic mass is 10.1. The molecule has 0 aromatic rings. The maximum absolute atomic E-state index is 9.22. The first kappa shape index (κ1) is 36.6. The summed E-state index contributed by atoms with van der Waals surface area (Å²) in [7, 11) is 0. The second kappa shape index (κ2) is 24.6. The Hall–Kier alpha value is -0.400. The molecule has 0 fully saturated rings. The molecule has 0 saturated heterocycles. The van der Waals surface area contributed by atoms with Crippen LogP contribution in [0.2, 0.25) is 0 Å². The number of nitrogens with two attached hydrogens (primary N) is 2. The van der Waals surface area contributed by atoms with Crippen molar-refractivity contribution in [3.05, 3.63) is 0 Å². The number of hydrogen-bond donors (Lipinski definition) is 3. The quantitative estimate of drug-likeness (QED) is 0.127. The summed E-state index contributed by atoms with van der Waals surface area (Å²) in [5.74, 6) is 0. The summed E-state index contributed by atoms with van der Waals surface area (Å²) in [6.45, 7) is 15.5. The average Bonchev–Trinajstić information content (AvgIpc) is 2.87. The van der Waals surface area contributed by atoms with Crippen LogP contribution in [0.15, 0.2) is 0 Å². The predicted octanol–water partition coefficient (Wildman–Crippen LogP) is 2.28. The molecule has 224 valence electrons. The van der Waals surface area contributed by atoms with E-state index >= 15 is 0 Å². The highest BCUT2D eigenvalue weighted by atomic mass is 16.6. The van der Waals surface area contributed by atoms with Crippen LogP contribution in [0.4, 0.5) is 0 Å². The van der Waals surface area contributed by atoms with Gasteiger partial charge in [0.1, 0.15) is 12.2 Å². The van der Waals surface area contributed by atoms with Gasteiger partial charge < -0.3 is 49.7 Å². The molecular formula is C27H58N2O8. The zero-order valence-electron chi connectivity index (χ0n) is 24.3. The van der Waals surface area contributed by atoms with Crippen LogP contribution in [0.5, 0.6) is 0 Å². The van der Waals surface area contributed by atoms with Gasteiger partial charge in [-0.25, -0.2) is 0 Å².